The maximum Gasteiger partial charge on any atom is 0.257 e. The highest BCUT2D eigenvalue weighted by atomic mass is 35.5. The molecule has 3 rings (SSSR count). The second-order valence-electron chi connectivity index (χ2n) is 4.12. The predicted octanol–water partition coefficient (Wildman–Crippen LogP) is 2.50. The Hall–Kier alpha value is -2.67. The molecule has 2 heterocycles. The summed E-state index contributed by atoms with van der Waals surface area (Å²) in [5.41, 5.74) is 0.794. The van der Waals surface area contributed by atoms with Gasteiger partial charge in [-0.05, 0) is 24.3 Å². The Balaban J connectivity index is 1.96. The molecule has 0 bridgehead atoms. The summed E-state index contributed by atoms with van der Waals surface area (Å²) in [6, 6.07) is 9.11. The van der Waals surface area contributed by atoms with E-state index in [1.165, 1.54) is 0 Å². The molecular formula is C13H12ClN7. The normalized spacial score (nSPS) is 10.4. The molecule has 1 aromatic carbocycles. The van der Waals surface area contributed by atoms with Crippen LogP contribution in [0.5, 0.6) is 0 Å². The molecule has 106 valence electrons. The van der Waals surface area contributed by atoms with Crippen LogP contribution in [0, 0.1) is 0 Å². The molecule has 8 heteroatoms. The zero-order chi connectivity index (χ0) is 14.7. The third kappa shape index (κ3) is 3.09. The van der Waals surface area contributed by atoms with Crippen LogP contribution in [0.1, 0.15) is 0 Å². The number of halogens is 1. The molecule has 21 heavy (non-hydrogen) atoms. The molecule has 0 aliphatic heterocycles. The second-order valence-corrected chi connectivity index (χ2v) is 4.56. The molecule has 7 nitrogen and oxygen atoms in total. The first kappa shape index (κ1) is 13.3. The van der Waals surface area contributed by atoms with Crippen LogP contribution in [0.2, 0.25) is 5.02 Å². The van der Waals surface area contributed by atoms with Gasteiger partial charge in [0.05, 0.1) is 0 Å². The van der Waals surface area contributed by atoms with Crippen molar-refractivity contribution in [1.82, 2.24) is 24.7 Å². The van der Waals surface area contributed by atoms with Crippen molar-refractivity contribution in [2.75, 3.05) is 17.7 Å². The van der Waals surface area contributed by atoms with Crippen molar-refractivity contribution in [1.29, 1.82) is 0 Å². The van der Waals surface area contributed by atoms with Gasteiger partial charge in [-0.3, -0.25) is 0 Å². The van der Waals surface area contributed by atoms with Crippen molar-refractivity contribution in [2.45, 2.75) is 0 Å². The van der Waals surface area contributed by atoms with Crippen molar-refractivity contribution < 1.29 is 0 Å². The lowest BCUT2D eigenvalue weighted by molar-refractivity contribution is 0.800. The highest BCUT2D eigenvalue weighted by molar-refractivity contribution is 6.30. The summed E-state index contributed by atoms with van der Waals surface area (Å²) in [6.07, 6.45) is 3.42. The van der Waals surface area contributed by atoms with Crippen molar-refractivity contribution in [3.8, 4) is 5.95 Å². The van der Waals surface area contributed by atoms with Gasteiger partial charge in [0, 0.05) is 30.2 Å². The van der Waals surface area contributed by atoms with Gasteiger partial charge in [0.1, 0.15) is 0 Å². The topological polar surface area (TPSA) is 80.5 Å². The molecule has 0 atom stereocenters. The molecule has 2 aromatic heterocycles. The molecule has 0 amide bonds. The fourth-order valence-electron chi connectivity index (χ4n) is 1.72. The molecule has 0 radical (unpaired) electrons. The zero-order valence-corrected chi connectivity index (χ0v) is 11.9. The number of hydrogen-bond donors (Lipinski definition) is 2. The maximum atomic E-state index is 5.96. The Morgan fingerprint density at radius 2 is 1.95 bits per heavy atom. The minimum atomic E-state index is 0.405. The summed E-state index contributed by atoms with van der Waals surface area (Å²) < 4.78 is 1.56. The van der Waals surface area contributed by atoms with Crippen LogP contribution in [-0.2, 0) is 0 Å². The summed E-state index contributed by atoms with van der Waals surface area (Å²) in [5, 5.41) is 10.7. The van der Waals surface area contributed by atoms with E-state index in [4.69, 9.17) is 11.6 Å². The lowest BCUT2D eigenvalue weighted by Gasteiger charge is -2.08. The van der Waals surface area contributed by atoms with E-state index in [1.807, 2.05) is 12.1 Å². The number of aromatic nitrogens is 5. The van der Waals surface area contributed by atoms with E-state index in [-0.39, 0.29) is 0 Å². The number of rotatable bonds is 4. The SMILES string of the molecule is CNc1nc(Nc2cccc(Cl)c2)nc(-n2cccn2)n1. The molecule has 0 fully saturated rings. The average molecular weight is 302 g/mol. The molecule has 2 N–H and O–H groups in total. The van der Waals surface area contributed by atoms with E-state index in [0.717, 1.165) is 5.69 Å². The lowest BCUT2D eigenvalue weighted by Crippen LogP contribution is -2.09. The first-order valence-corrected chi connectivity index (χ1v) is 6.59. The Bertz CT molecular complexity index is 742. The minimum absolute atomic E-state index is 0.405. The van der Waals surface area contributed by atoms with Gasteiger partial charge in [-0.2, -0.15) is 20.1 Å². The van der Waals surface area contributed by atoms with Crippen LogP contribution in [0.15, 0.2) is 42.7 Å². The van der Waals surface area contributed by atoms with E-state index >= 15 is 0 Å². The smallest absolute Gasteiger partial charge is 0.257 e. The number of nitrogens with zero attached hydrogens (tertiary/aromatic N) is 5. The van der Waals surface area contributed by atoms with Crippen molar-refractivity contribution in [2.24, 2.45) is 0 Å². The van der Waals surface area contributed by atoms with E-state index in [1.54, 1.807) is 42.3 Å². The summed E-state index contributed by atoms with van der Waals surface area (Å²) in [7, 11) is 1.74. The van der Waals surface area contributed by atoms with Gasteiger partial charge in [-0.25, -0.2) is 4.68 Å². The highest BCUT2D eigenvalue weighted by Crippen LogP contribution is 2.19. The van der Waals surface area contributed by atoms with Gasteiger partial charge in [0.2, 0.25) is 11.9 Å². The Labute approximate surface area is 126 Å². The molecule has 0 unspecified atom stereocenters. The predicted molar refractivity (Wildman–Crippen MR) is 81.2 cm³/mol. The zero-order valence-electron chi connectivity index (χ0n) is 11.2. The Morgan fingerprint density at radius 3 is 2.67 bits per heavy atom. The van der Waals surface area contributed by atoms with Crippen LogP contribution in [-0.4, -0.2) is 31.8 Å². The third-order valence-corrected chi connectivity index (χ3v) is 2.87. The van der Waals surface area contributed by atoms with Crippen LogP contribution in [0.25, 0.3) is 5.95 Å². The quantitative estimate of drug-likeness (QED) is 0.770. The lowest BCUT2D eigenvalue weighted by atomic mass is 10.3. The van der Waals surface area contributed by atoms with E-state index in [2.05, 4.69) is 30.7 Å². The van der Waals surface area contributed by atoms with Crippen LogP contribution in [0.3, 0.4) is 0 Å². The largest absolute Gasteiger partial charge is 0.357 e. The second kappa shape index (κ2) is 5.76. The average Bonchev–Trinajstić information content (AvgIpc) is 3.01. The van der Waals surface area contributed by atoms with Gasteiger partial charge >= 0.3 is 0 Å². The summed E-state index contributed by atoms with van der Waals surface area (Å²) in [4.78, 5) is 12.8. The van der Waals surface area contributed by atoms with Gasteiger partial charge in [0.25, 0.3) is 5.95 Å². The van der Waals surface area contributed by atoms with E-state index in [9.17, 15) is 0 Å². The number of anilines is 3. The highest BCUT2D eigenvalue weighted by Gasteiger charge is 2.08. The minimum Gasteiger partial charge on any atom is -0.357 e. The standard InChI is InChI=1S/C13H12ClN7/c1-15-11-18-12(17-10-5-2-4-9(14)8-10)20-13(19-11)21-7-3-6-16-21/h2-8H,1H3,(H2,15,17,18,19,20). The number of benzene rings is 1. The number of nitrogens with one attached hydrogen (secondary N) is 2. The Kier molecular flexibility index (Phi) is 3.65. The van der Waals surface area contributed by atoms with Crippen LogP contribution >= 0.6 is 11.6 Å². The molecule has 0 saturated carbocycles. The molecule has 0 spiro atoms. The first-order chi connectivity index (χ1) is 10.2. The van der Waals surface area contributed by atoms with Crippen molar-refractivity contribution >= 4 is 29.2 Å². The van der Waals surface area contributed by atoms with Gasteiger partial charge in [-0.15, -0.1) is 0 Å². The summed E-state index contributed by atoms with van der Waals surface area (Å²) in [5.74, 6) is 1.27. The molecule has 0 aliphatic carbocycles. The molecule has 0 saturated heterocycles. The third-order valence-electron chi connectivity index (χ3n) is 2.64. The first-order valence-electron chi connectivity index (χ1n) is 6.21. The molecular weight excluding hydrogens is 290 g/mol. The fourth-order valence-corrected chi connectivity index (χ4v) is 1.91. The number of hydrogen-bond acceptors (Lipinski definition) is 6. The molecule has 0 aliphatic rings. The molecule has 3 aromatic rings. The Morgan fingerprint density at radius 1 is 1.10 bits per heavy atom. The van der Waals surface area contributed by atoms with E-state index in [0.29, 0.717) is 22.9 Å². The van der Waals surface area contributed by atoms with Gasteiger partial charge < -0.3 is 10.6 Å². The van der Waals surface area contributed by atoms with Gasteiger partial charge in [0.15, 0.2) is 0 Å². The summed E-state index contributed by atoms with van der Waals surface area (Å²) in [6.45, 7) is 0. The van der Waals surface area contributed by atoms with E-state index < -0.39 is 0 Å². The maximum absolute atomic E-state index is 5.96. The fraction of sp³-hybridized carbons (Fsp3) is 0.0769. The van der Waals surface area contributed by atoms with Crippen molar-refractivity contribution in [3.63, 3.8) is 0 Å². The summed E-state index contributed by atoms with van der Waals surface area (Å²) >= 11 is 5.96. The van der Waals surface area contributed by atoms with Crippen LogP contribution in [0.4, 0.5) is 17.6 Å². The monoisotopic (exact) mass is 301 g/mol. The van der Waals surface area contributed by atoms with Crippen molar-refractivity contribution in [3.05, 3.63) is 47.7 Å². The van der Waals surface area contributed by atoms with Gasteiger partial charge in [-0.1, -0.05) is 17.7 Å². The van der Waals surface area contributed by atoms with Crippen LogP contribution < -0.4 is 10.6 Å².